The lowest BCUT2D eigenvalue weighted by atomic mass is 10.8. The van der Waals surface area contributed by atoms with Gasteiger partial charge in [-0.1, -0.05) is 0 Å². The summed E-state index contributed by atoms with van der Waals surface area (Å²) >= 11 is 0. The summed E-state index contributed by atoms with van der Waals surface area (Å²) in [7, 11) is 0. The number of halogens is 2. The Hall–Kier alpha value is -0.180. The first-order valence-corrected chi connectivity index (χ1v) is 1.77. The predicted molar refractivity (Wildman–Crippen MR) is 17.8 cm³/mol. The molecule has 1 fully saturated rings. The Kier molecular flexibility index (Phi) is 0.602. The molecule has 0 aromatic rings. The highest BCUT2D eigenvalue weighted by Gasteiger charge is 2.49. The molecule has 1 aliphatic carbocycles. The van der Waals surface area contributed by atoms with Crippen LogP contribution in [0.25, 0.3) is 0 Å². The van der Waals surface area contributed by atoms with Gasteiger partial charge in [0.25, 0.3) is 0 Å². The van der Waals surface area contributed by atoms with Crippen molar-refractivity contribution in [1.82, 2.24) is 0 Å². The van der Waals surface area contributed by atoms with E-state index in [4.69, 9.17) is 5.73 Å². The third-order valence-corrected chi connectivity index (χ3v) is 0.899. The van der Waals surface area contributed by atoms with Crippen LogP contribution in [0.5, 0.6) is 0 Å². The number of nitrogens with two attached hydrogens (primary N) is 1. The topological polar surface area (TPSA) is 26.0 Å². The van der Waals surface area contributed by atoms with Crippen LogP contribution in [0.1, 0.15) is 0 Å². The van der Waals surface area contributed by atoms with E-state index in [-0.39, 0.29) is 0 Å². The van der Waals surface area contributed by atoms with Crippen molar-refractivity contribution in [2.24, 2.45) is 5.73 Å². The van der Waals surface area contributed by atoms with Crippen molar-refractivity contribution >= 4 is 0 Å². The quantitative estimate of drug-likeness (QED) is 0.448. The second-order valence-electron chi connectivity index (χ2n) is 1.47. The monoisotopic (exact) mass is 93.0 g/mol. The molecule has 0 saturated heterocycles. The molecule has 0 spiro atoms. The Bertz CT molecular complexity index is 45.5. The van der Waals surface area contributed by atoms with Crippen molar-refractivity contribution in [3.8, 4) is 0 Å². The van der Waals surface area contributed by atoms with Crippen LogP contribution in [0, 0.1) is 0 Å². The normalized spacial score (nSPS) is 55.5. The van der Waals surface area contributed by atoms with Gasteiger partial charge in [-0.2, -0.15) is 0 Å². The minimum atomic E-state index is -1.37. The Labute approximate surface area is 34.1 Å². The van der Waals surface area contributed by atoms with Crippen molar-refractivity contribution in [1.29, 1.82) is 0 Å². The van der Waals surface area contributed by atoms with E-state index in [1.165, 1.54) is 0 Å². The standard InChI is InChI=1S/C3H5F2N/c4-1-2(5)3(1)6/h1-3H,6H2. The van der Waals surface area contributed by atoms with Crippen LogP contribution < -0.4 is 5.73 Å². The van der Waals surface area contributed by atoms with Crippen LogP contribution in [-0.2, 0) is 0 Å². The van der Waals surface area contributed by atoms with Crippen LogP contribution >= 0.6 is 0 Å². The van der Waals surface area contributed by atoms with Gasteiger partial charge in [0.2, 0.25) is 0 Å². The van der Waals surface area contributed by atoms with Crippen LogP contribution in [0.4, 0.5) is 8.78 Å². The molecule has 2 N–H and O–H groups in total. The molecular weight excluding hydrogens is 88.0 g/mol. The van der Waals surface area contributed by atoms with Gasteiger partial charge in [0.15, 0.2) is 12.3 Å². The van der Waals surface area contributed by atoms with Gasteiger partial charge in [-0.25, -0.2) is 8.78 Å². The highest BCUT2D eigenvalue weighted by atomic mass is 19.2. The van der Waals surface area contributed by atoms with Gasteiger partial charge < -0.3 is 5.73 Å². The van der Waals surface area contributed by atoms with Crippen LogP contribution in [-0.4, -0.2) is 18.4 Å². The Morgan fingerprint density at radius 3 is 1.33 bits per heavy atom. The average molecular weight is 93.1 g/mol. The summed E-state index contributed by atoms with van der Waals surface area (Å²) in [6.45, 7) is 0. The Morgan fingerprint density at radius 1 is 1.17 bits per heavy atom. The summed E-state index contributed by atoms with van der Waals surface area (Å²) < 4.78 is 22.8. The molecular formula is C3H5F2N. The van der Waals surface area contributed by atoms with Crippen LogP contribution in [0.2, 0.25) is 0 Å². The molecule has 6 heavy (non-hydrogen) atoms. The van der Waals surface area contributed by atoms with Gasteiger partial charge in [-0.3, -0.25) is 0 Å². The highest BCUT2D eigenvalue weighted by Crippen LogP contribution is 2.26. The largest absolute Gasteiger partial charge is 0.323 e. The second kappa shape index (κ2) is 0.904. The predicted octanol–water partition coefficient (Wildman–Crippen LogP) is 0.00350. The van der Waals surface area contributed by atoms with Crippen molar-refractivity contribution in [3.05, 3.63) is 0 Å². The van der Waals surface area contributed by atoms with E-state index < -0.39 is 18.4 Å². The van der Waals surface area contributed by atoms with Crippen molar-refractivity contribution in [3.63, 3.8) is 0 Å². The summed E-state index contributed by atoms with van der Waals surface area (Å²) in [5.41, 5.74) is 4.76. The smallest absolute Gasteiger partial charge is 0.151 e. The van der Waals surface area contributed by atoms with Gasteiger partial charge in [0.05, 0.1) is 6.04 Å². The zero-order chi connectivity index (χ0) is 4.73. The van der Waals surface area contributed by atoms with E-state index in [2.05, 4.69) is 0 Å². The summed E-state index contributed by atoms with van der Waals surface area (Å²) in [5, 5.41) is 0. The first kappa shape index (κ1) is 3.99. The molecule has 1 aliphatic rings. The summed E-state index contributed by atoms with van der Waals surface area (Å²) in [6.07, 6.45) is -2.74. The zero-order valence-electron chi connectivity index (χ0n) is 3.07. The average Bonchev–Trinajstić information content (AvgIpc) is 1.94. The zero-order valence-corrected chi connectivity index (χ0v) is 3.07. The molecule has 1 nitrogen and oxygen atoms in total. The fourth-order valence-corrected chi connectivity index (χ4v) is 0.260. The lowest BCUT2D eigenvalue weighted by molar-refractivity contribution is 0.372. The van der Waals surface area contributed by atoms with Crippen LogP contribution in [0.15, 0.2) is 0 Å². The van der Waals surface area contributed by atoms with Crippen molar-refractivity contribution in [2.45, 2.75) is 18.4 Å². The van der Waals surface area contributed by atoms with E-state index in [1.54, 1.807) is 0 Å². The number of rotatable bonds is 0. The lowest BCUT2D eigenvalue weighted by Gasteiger charge is -1.64. The number of hydrogen-bond acceptors (Lipinski definition) is 1. The van der Waals surface area contributed by atoms with E-state index in [1.807, 2.05) is 0 Å². The molecule has 0 aromatic heterocycles. The molecule has 0 aromatic carbocycles. The summed E-state index contributed by atoms with van der Waals surface area (Å²) in [4.78, 5) is 0. The molecule has 0 heterocycles. The fraction of sp³-hybridized carbons (Fsp3) is 1.00. The SMILES string of the molecule is NC1C(F)C1F. The second-order valence-corrected chi connectivity index (χ2v) is 1.47. The first-order valence-electron chi connectivity index (χ1n) is 1.77. The minimum absolute atomic E-state index is 0.815. The molecule has 2 unspecified atom stereocenters. The minimum Gasteiger partial charge on any atom is -0.323 e. The molecule has 0 amide bonds. The summed E-state index contributed by atoms with van der Waals surface area (Å²) in [6, 6.07) is -0.815. The van der Waals surface area contributed by atoms with E-state index in [9.17, 15) is 8.78 Å². The summed E-state index contributed by atoms with van der Waals surface area (Å²) in [5.74, 6) is 0. The molecule has 36 valence electrons. The number of alkyl halides is 2. The van der Waals surface area contributed by atoms with Crippen LogP contribution in [0.3, 0.4) is 0 Å². The molecule has 0 radical (unpaired) electrons. The first-order chi connectivity index (χ1) is 2.73. The van der Waals surface area contributed by atoms with Crippen molar-refractivity contribution < 1.29 is 8.78 Å². The van der Waals surface area contributed by atoms with Gasteiger partial charge in [-0.15, -0.1) is 0 Å². The Morgan fingerprint density at radius 2 is 1.33 bits per heavy atom. The Balaban J connectivity index is 2.31. The lowest BCUT2D eigenvalue weighted by Crippen LogP contribution is -2.03. The van der Waals surface area contributed by atoms with Gasteiger partial charge >= 0.3 is 0 Å². The van der Waals surface area contributed by atoms with E-state index in [0.717, 1.165) is 0 Å². The van der Waals surface area contributed by atoms with E-state index >= 15 is 0 Å². The van der Waals surface area contributed by atoms with Gasteiger partial charge in [-0.05, 0) is 0 Å². The molecule has 0 bridgehead atoms. The third-order valence-electron chi connectivity index (χ3n) is 0.899. The van der Waals surface area contributed by atoms with Crippen molar-refractivity contribution in [2.75, 3.05) is 0 Å². The van der Waals surface area contributed by atoms with E-state index in [0.29, 0.717) is 0 Å². The molecule has 3 heteroatoms. The van der Waals surface area contributed by atoms with Gasteiger partial charge in [0, 0.05) is 0 Å². The third kappa shape index (κ3) is 0.315. The highest BCUT2D eigenvalue weighted by molar-refractivity contribution is 5.02. The maximum absolute atomic E-state index is 11.4. The number of hydrogen-bond donors (Lipinski definition) is 1. The fourth-order valence-electron chi connectivity index (χ4n) is 0.260. The maximum Gasteiger partial charge on any atom is 0.151 e. The molecule has 2 atom stereocenters. The molecule has 0 aliphatic heterocycles. The maximum atomic E-state index is 11.4. The molecule has 1 rings (SSSR count). The van der Waals surface area contributed by atoms with Gasteiger partial charge in [0.1, 0.15) is 0 Å². The molecule has 1 saturated carbocycles.